The summed E-state index contributed by atoms with van der Waals surface area (Å²) in [6.45, 7) is 4.65. The highest BCUT2D eigenvalue weighted by molar-refractivity contribution is 7.10. The molecule has 1 aromatic carbocycles. The van der Waals surface area contributed by atoms with E-state index in [1.54, 1.807) is 11.3 Å². The molecule has 2 amide bonds. The van der Waals surface area contributed by atoms with E-state index in [-0.39, 0.29) is 24.3 Å². The minimum atomic E-state index is -0.277. The molecule has 0 aliphatic rings. The molecule has 0 fully saturated rings. The van der Waals surface area contributed by atoms with Gasteiger partial charge < -0.3 is 15.2 Å². The maximum atomic E-state index is 12.9. The molecule has 6 heteroatoms. The molecule has 0 unspecified atom stereocenters. The Morgan fingerprint density at radius 1 is 1.27 bits per heavy atom. The molecule has 1 atom stereocenters. The van der Waals surface area contributed by atoms with Gasteiger partial charge in [0.05, 0.1) is 12.5 Å². The fraction of sp³-hybridized carbons (Fsp3) is 0.300. The van der Waals surface area contributed by atoms with Crippen LogP contribution in [0.4, 0.5) is 0 Å². The summed E-state index contributed by atoms with van der Waals surface area (Å²) in [7, 11) is 0. The van der Waals surface area contributed by atoms with E-state index in [1.807, 2.05) is 53.7 Å². The van der Waals surface area contributed by atoms with Gasteiger partial charge >= 0.3 is 0 Å². The molecular weight excluding hydrogens is 346 g/mol. The quantitative estimate of drug-likeness (QED) is 0.664. The lowest BCUT2D eigenvalue weighted by Gasteiger charge is -2.24. The predicted molar refractivity (Wildman–Crippen MR) is 105 cm³/mol. The Morgan fingerprint density at radius 3 is 2.81 bits per heavy atom. The van der Waals surface area contributed by atoms with Crippen LogP contribution in [0, 0.1) is 0 Å². The smallest absolute Gasteiger partial charge is 0.225 e. The molecule has 5 nitrogen and oxygen atoms in total. The number of fused-ring (bicyclic) bond motifs is 1. The van der Waals surface area contributed by atoms with Crippen LogP contribution in [0.25, 0.3) is 10.9 Å². The van der Waals surface area contributed by atoms with Crippen LogP contribution in [0.3, 0.4) is 0 Å². The van der Waals surface area contributed by atoms with Gasteiger partial charge in [0.2, 0.25) is 11.8 Å². The summed E-state index contributed by atoms with van der Waals surface area (Å²) in [6, 6.07) is 11.8. The van der Waals surface area contributed by atoms with Crippen molar-refractivity contribution in [2.24, 2.45) is 0 Å². The van der Waals surface area contributed by atoms with Crippen molar-refractivity contribution >= 4 is 34.1 Å². The van der Waals surface area contributed by atoms with Crippen molar-refractivity contribution < 1.29 is 9.59 Å². The van der Waals surface area contributed by atoms with Gasteiger partial charge in [-0.25, -0.2) is 0 Å². The Bertz CT molecular complexity index is 885. The zero-order valence-corrected chi connectivity index (χ0v) is 15.8. The van der Waals surface area contributed by atoms with E-state index in [0.29, 0.717) is 13.1 Å². The Labute approximate surface area is 157 Å². The molecule has 2 aromatic heterocycles. The van der Waals surface area contributed by atoms with Crippen LogP contribution >= 0.6 is 11.3 Å². The topological polar surface area (TPSA) is 65.2 Å². The number of thiophene rings is 1. The van der Waals surface area contributed by atoms with E-state index in [1.165, 1.54) is 6.92 Å². The SMILES string of the molecule is CCN(Cc1ccc2[nH]ccc2c1)C(=O)C[C@H](NC(C)=O)c1cccs1. The average Bonchev–Trinajstić information content (AvgIpc) is 3.29. The summed E-state index contributed by atoms with van der Waals surface area (Å²) < 4.78 is 0. The first-order valence-electron chi connectivity index (χ1n) is 8.71. The van der Waals surface area contributed by atoms with E-state index >= 15 is 0 Å². The molecule has 3 rings (SSSR count). The number of carbonyl (C=O) groups excluding carboxylic acids is 2. The minimum absolute atomic E-state index is 0.0359. The molecule has 2 N–H and O–H groups in total. The molecule has 3 aromatic rings. The van der Waals surface area contributed by atoms with E-state index in [2.05, 4.69) is 16.4 Å². The van der Waals surface area contributed by atoms with Crippen LogP contribution in [-0.2, 0) is 16.1 Å². The van der Waals surface area contributed by atoms with Crippen LogP contribution in [-0.4, -0.2) is 28.2 Å². The van der Waals surface area contributed by atoms with Crippen LogP contribution in [0.2, 0.25) is 0 Å². The van der Waals surface area contributed by atoms with E-state index in [9.17, 15) is 9.59 Å². The summed E-state index contributed by atoms with van der Waals surface area (Å²) >= 11 is 1.55. The normalized spacial score (nSPS) is 12.1. The number of rotatable bonds is 7. The Kier molecular flexibility index (Phi) is 5.73. The highest BCUT2D eigenvalue weighted by atomic mass is 32.1. The second kappa shape index (κ2) is 8.19. The second-order valence-electron chi connectivity index (χ2n) is 6.28. The highest BCUT2D eigenvalue weighted by Gasteiger charge is 2.21. The maximum Gasteiger partial charge on any atom is 0.225 e. The minimum Gasteiger partial charge on any atom is -0.361 e. The summed E-state index contributed by atoms with van der Waals surface area (Å²) in [5.74, 6) is -0.0917. The first kappa shape index (κ1) is 18.2. The van der Waals surface area contributed by atoms with Gasteiger partial charge in [0.25, 0.3) is 0 Å². The van der Waals surface area contributed by atoms with E-state index < -0.39 is 0 Å². The molecule has 0 saturated heterocycles. The third-order valence-electron chi connectivity index (χ3n) is 4.37. The number of aromatic amines is 1. The van der Waals surface area contributed by atoms with Gasteiger partial charge in [-0.2, -0.15) is 0 Å². The third-order valence-corrected chi connectivity index (χ3v) is 5.35. The predicted octanol–water partition coefficient (Wildman–Crippen LogP) is 3.85. The zero-order valence-electron chi connectivity index (χ0n) is 15.0. The summed E-state index contributed by atoms with van der Waals surface area (Å²) in [4.78, 5) is 30.4. The Balaban J connectivity index is 1.71. The lowest BCUT2D eigenvalue weighted by atomic mass is 10.1. The van der Waals surface area contributed by atoms with Gasteiger partial charge in [0.1, 0.15) is 0 Å². The number of amides is 2. The molecular formula is C20H23N3O2S. The van der Waals surface area contributed by atoms with Crippen LogP contribution < -0.4 is 5.32 Å². The van der Waals surface area contributed by atoms with Gasteiger partial charge in [-0.05, 0) is 47.5 Å². The van der Waals surface area contributed by atoms with Crippen molar-refractivity contribution in [1.29, 1.82) is 0 Å². The van der Waals surface area contributed by atoms with Crippen LogP contribution in [0.5, 0.6) is 0 Å². The molecule has 2 heterocycles. The molecule has 136 valence electrons. The van der Waals surface area contributed by atoms with Gasteiger partial charge in [0.15, 0.2) is 0 Å². The first-order valence-corrected chi connectivity index (χ1v) is 9.59. The number of nitrogens with zero attached hydrogens (tertiary/aromatic N) is 1. The number of benzene rings is 1. The molecule has 0 spiro atoms. The number of H-pyrrole nitrogens is 1. The number of nitrogens with one attached hydrogen (secondary N) is 2. The van der Waals surface area contributed by atoms with Gasteiger partial charge in [0, 0.05) is 36.6 Å². The number of aromatic nitrogens is 1. The lowest BCUT2D eigenvalue weighted by molar-refractivity contribution is -0.132. The maximum absolute atomic E-state index is 12.9. The number of hydrogen-bond acceptors (Lipinski definition) is 3. The Hall–Kier alpha value is -2.60. The van der Waals surface area contributed by atoms with Crippen LogP contribution in [0.1, 0.15) is 36.8 Å². The van der Waals surface area contributed by atoms with Crippen molar-refractivity contribution in [3.05, 3.63) is 58.4 Å². The number of hydrogen-bond donors (Lipinski definition) is 2. The largest absolute Gasteiger partial charge is 0.361 e. The second-order valence-corrected chi connectivity index (χ2v) is 7.26. The molecule has 0 bridgehead atoms. The molecule has 0 aliphatic carbocycles. The summed E-state index contributed by atoms with van der Waals surface area (Å²) in [5, 5.41) is 5.99. The van der Waals surface area contributed by atoms with Gasteiger partial charge in [-0.1, -0.05) is 12.1 Å². The highest BCUT2D eigenvalue weighted by Crippen LogP contribution is 2.23. The van der Waals surface area contributed by atoms with Crippen molar-refractivity contribution in [2.75, 3.05) is 6.54 Å². The average molecular weight is 369 g/mol. The van der Waals surface area contributed by atoms with Gasteiger partial charge in [-0.15, -0.1) is 11.3 Å². The first-order chi connectivity index (χ1) is 12.6. The Morgan fingerprint density at radius 2 is 2.12 bits per heavy atom. The molecule has 0 saturated carbocycles. The van der Waals surface area contributed by atoms with Gasteiger partial charge in [-0.3, -0.25) is 9.59 Å². The zero-order chi connectivity index (χ0) is 18.5. The van der Waals surface area contributed by atoms with E-state index in [0.717, 1.165) is 21.3 Å². The number of carbonyl (C=O) groups is 2. The summed E-state index contributed by atoms with van der Waals surface area (Å²) in [6.07, 6.45) is 2.18. The molecule has 0 aliphatic heterocycles. The molecule has 0 radical (unpaired) electrons. The van der Waals surface area contributed by atoms with Crippen molar-refractivity contribution in [3.8, 4) is 0 Å². The van der Waals surface area contributed by atoms with Crippen molar-refractivity contribution in [1.82, 2.24) is 15.2 Å². The molecule has 26 heavy (non-hydrogen) atoms. The van der Waals surface area contributed by atoms with Crippen molar-refractivity contribution in [3.63, 3.8) is 0 Å². The van der Waals surface area contributed by atoms with Crippen molar-refractivity contribution in [2.45, 2.75) is 32.9 Å². The fourth-order valence-electron chi connectivity index (χ4n) is 3.06. The van der Waals surface area contributed by atoms with E-state index in [4.69, 9.17) is 0 Å². The standard InChI is InChI=1S/C20H23N3O2S/c1-3-23(13-15-6-7-17-16(11-15)8-9-21-17)20(25)12-18(22-14(2)24)19-5-4-10-26-19/h4-11,18,21H,3,12-13H2,1-2H3,(H,22,24)/t18-/m0/s1. The summed E-state index contributed by atoms with van der Waals surface area (Å²) in [5.41, 5.74) is 2.19. The lowest BCUT2D eigenvalue weighted by Crippen LogP contribution is -2.35. The van der Waals surface area contributed by atoms with Crippen LogP contribution in [0.15, 0.2) is 48.0 Å². The third kappa shape index (κ3) is 4.32. The fourth-order valence-corrected chi connectivity index (χ4v) is 3.84. The monoisotopic (exact) mass is 369 g/mol.